The number of hydrogen-bond donors (Lipinski definition) is 3. The molecule has 0 unspecified atom stereocenters. The van der Waals surface area contributed by atoms with Gasteiger partial charge in [0.05, 0.1) is 5.60 Å². The van der Waals surface area contributed by atoms with Crippen molar-refractivity contribution < 1.29 is 9.90 Å². The predicted molar refractivity (Wildman–Crippen MR) is 71.4 cm³/mol. The summed E-state index contributed by atoms with van der Waals surface area (Å²) < 4.78 is 0. The van der Waals surface area contributed by atoms with E-state index in [1.54, 1.807) is 0 Å². The number of rotatable bonds is 3. The molecule has 2 aliphatic rings. The number of aliphatic hydroxyl groups is 1. The van der Waals surface area contributed by atoms with Crippen LogP contribution in [0.25, 0.3) is 0 Å². The number of nitrogens with one attached hydrogen (secondary N) is 2. The van der Waals surface area contributed by atoms with Gasteiger partial charge in [0.15, 0.2) is 0 Å². The van der Waals surface area contributed by atoms with Crippen LogP contribution in [0.2, 0.25) is 0 Å². The zero-order valence-electron chi connectivity index (χ0n) is 11.2. The molecule has 0 aromatic rings. The van der Waals surface area contributed by atoms with Gasteiger partial charge < -0.3 is 15.7 Å². The van der Waals surface area contributed by atoms with Gasteiger partial charge in [0.2, 0.25) is 0 Å². The first-order chi connectivity index (χ1) is 8.68. The molecule has 104 valence electrons. The minimum absolute atomic E-state index is 0.112. The summed E-state index contributed by atoms with van der Waals surface area (Å²) in [6, 6.07) is 0.230. The molecule has 0 aromatic heterocycles. The van der Waals surface area contributed by atoms with Crippen LogP contribution in [0, 0.1) is 0 Å². The molecular weight excluding hydrogens is 228 g/mol. The third-order valence-corrected chi connectivity index (χ3v) is 4.30. The number of carbonyl (C=O) groups excluding carboxylic acids is 1. The molecule has 0 saturated heterocycles. The summed E-state index contributed by atoms with van der Waals surface area (Å²) in [5.74, 6) is 0. The molecule has 0 spiro atoms. The van der Waals surface area contributed by atoms with Crippen molar-refractivity contribution in [3.8, 4) is 0 Å². The highest BCUT2D eigenvalue weighted by molar-refractivity contribution is 5.74. The molecule has 2 saturated carbocycles. The van der Waals surface area contributed by atoms with Gasteiger partial charge in [-0.3, -0.25) is 0 Å². The third kappa shape index (κ3) is 4.16. The van der Waals surface area contributed by atoms with E-state index in [2.05, 4.69) is 10.6 Å². The SMILES string of the molecule is O=C(NCC1(O)CCCCCC1)NC1CCCC1. The molecule has 0 heterocycles. The first kappa shape index (κ1) is 13.7. The molecule has 0 aliphatic heterocycles. The fourth-order valence-electron chi connectivity index (χ4n) is 3.11. The highest BCUT2D eigenvalue weighted by Gasteiger charge is 2.28. The molecule has 3 N–H and O–H groups in total. The Balaban J connectivity index is 1.70. The van der Waals surface area contributed by atoms with Gasteiger partial charge in [-0.1, -0.05) is 38.5 Å². The summed E-state index contributed by atoms with van der Waals surface area (Å²) in [6.07, 6.45) is 10.8. The van der Waals surface area contributed by atoms with E-state index < -0.39 is 5.60 Å². The smallest absolute Gasteiger partial charge is 0.315 e. The van der Waals surface area contributed by atoms with Gasteiger partial charge in [-0.15, -0.1) is 0 Å². The summed E-state index contributed by atoms with van der Waals surface area (Å²) in [5.41, 5.74) is -0.677. The second-order valence-corrected chi connectivity index (χ2v) is 5.95. The van der Waals surface area contributed by atoms with E-state index in [0.29, 0.717) is 12.6 Å². The number of hydrogen-bond acceptors (Lipinski definition) is 2. The molecule has 4 heteroatoms. The Morgan fingerprint density at radius 3 is 2.28 bits per heavy atom. The van der Waals surface area contributed by atoms with E-state index in [0.717, 1.165) is 38.5 Å². The van der Waals surface area contributed by atoms with Crippen LogP contribution in [-0.4, -0.2) is 29.3 Å². The average Bonchev–Trinajstić information content (AvgIpc) is 2.75. The molecule has 18 heavy (non-hydrogen) atoms. The largest absolute Gasteiger partial charge is 0.388 e. The number of urea groups is 1. The minimum Gasteiger partial charge on any atom is -0.388 e. The van der Waals surface area contributed by atoms with E-state index in [-0.39, 0.29) is 6.03 Å². The van der Waals surface area contributed by atoms with Crippen molar-refractivity contribution in [2.75, 3.05) is 6.54 Å². The summed E-state index contributed by atoms with van der Waals surface area (Å²) >= 11 is 0. The van der Waals surface area contributed by atoms with Crippen molar-refractivity contribution in [2.24, 2.45) is 0 Å². The van der Waals surface area contributed by atoms with Gasteiger partial charge >= 0.3 is 6.03 Å². The van der Waals surface area contributed by atoms with Crippen LogP contribution < -0.4 is 10.6 Å². The molecule has 0 atom stereocenters. The summed E-state index contributed by atoms with van der Waals surface area (Å²) in [7, 11) is 0. The highest BCUT2D eigenvalue weighted by Crippen LogP contribution is 2.26. The number of carbonyl (C=O) groups is 1. The van der Waals surface area contributed by atoms with Crippen molar-refractivity contribution in [1.82, 2.24) is 10.6 Å². The quantitative estimate of drug-likeness (QED) is 0.677. The Kier molecular flexibility index (Phi) is 4.87. The van der Waals surface area contributed by atoms with Crippen molar-refractivity contribution in [3.63, 3.8) is 0 Å². The average molecular weight is 254 g/mol. The minimum atomic E-state index is -0.677. The molecule has 2 aliphatic carbocycles. The van der Waals surface area contributed by atoms with E-state index in [4.69, 9.17) is 0 Å². The van der Waals surface area contributed by atoms with Crippen LogP contribution in [0.15, 0.2) is 0 Å². The molecular formula is C14H26N2O2. The Labute approximate surface area is 110 Å². The fourth-order valence-corrected chi connectivity index (χ4v) is 3.11. The van der Waals surface area contributed by atoms with Gasteiger partial charge in [-0.2, -0.15) is 0 Å². The molecule has 2 amide bonds. The van der Waals surface area contributed by atoms with Gasteiger partial charge in [0.1, 0.15) is 0 Å². The Morgan fingerprint density at radius 2 is 1.67 bits per heavy atom. The Morgan fingerprint density at radius 1 is 1.06 bits per heavy atom. The number of amides is 2. The normalized spacial score (nSPS) is 24.5. The van der Waals surface area contributed by atoms with Crippen LogP contribution in [0.1, 0.15) is 64.2 Å². The van der Waals surface area contributed by atoms with Crippen LogP contribution in [-0.2, 0) is 0 Å². The topological polar surface area (TPSA) is 61.4 Å². The van der Waals surface area contributed by atoms with Gasteiger partial charge in [0, 0.05) is 12.6 Å². The van der Waals surface area contributed by atoms with E-state index in [1.165, 1.54) is 25.7 Å². The maximum atomic E-state index is 11.7. The molecule has 4 nitrogen and oxygen atoms in total. The monoisotopic (exact) mass is 254 g/mol. The van der Waals surface area contributed by atoms with E-state index in [1.807, 2.05) is 0 Å². The Hall–Kier alpha value is -0.770. The molecule has 0 bridgehead atoms. The first-order valence-electron chi connectivity index (χ1n) is 7.45. The fraction of sp³-hybridized carbons (Fsp3) is 0.929. The molecule has 0 radical (unpaired) electrons. The van der Waals surface area contributed by atoms with Crippen molar-refractivity contribution >= 4 is 6.03 Å². The van der Waals surface area contributed by atoms with Gasteiger partial charge in [0.25, 0.3) is 0 Å². The lowest BCUT2D eigenvalue weighted by Gasteiger charge is -2.27. The zero-order valence-corrected chi connectivity index (χ0v) is 11.2. The van der Waals surface area contributed by atoms with Crippen LogP contribution >= 0.6 is 0 Å². The molecule has 0 aromatic carbocycles. The standard InChI is InChI=1S/C14H26N2O2/c17-13(16-12-7-3-4-8-12)15-11-14(18)9-5-1-2-6-10-14/h12,18H,1-11H2,(H2,15,16,17). The maximum absolute atomic E-state index is 11.7. The lowest BCUT2D eigenvalue weighted by molar-refractivity contribution is 0.0276. The lowest BCUT2D eigenvalue weighted by Crippen LogP contribution is -2.48. The van der Waals surface area contributed by atoms with Crippen LogP contribution in [0.4, 0.5) is 4.79 Å². The van der Waals surface area contributed by atoms with Gasteiger partial charge in [-0.25, -0.2) is 4.79 Å². The van der Waals surface area contributed by atoms with Crippen molar-refractivity contribution in [1.29, 1.82) is 0 Å². The molecule has 2 fully saturated rings. The zero-order chi connectivity index (χ0) is 12.8. The van der Waals surface area contributed by atoms with Gasteiger partial charge in [-0.05, 0) is 25.7 Å². The summed E-state index contributed by atoms with van der Waals surface area (Å²) in [4.78, 5) is 11.7. The molecule has 2 rings (SSSR count). The summed E-state index contributed by atoms with van der Waals surface area (Å²) in [6.45, 7) is 0.394. The van der Waals surface area contributed by atoms with Crippen LogP contribution in [0.5, 0.6) is 0 Å². The predicted octanol–water partition coefficient (Wildman–Crippen LogP) is 2.31. The van der Waals surface area contributed by atoms with Crippen molar-refractivity contribution in [3.05, 3.63) is 0 Å². The maximum Gasteiger partial charge on any atom is 0.315 e. The van der Waals surface area contributed by atoms with Crippen LogP contribution in [0.3, 0.4) is 0 Å². The summed E-state index contributed by atoms with van der Waals surface area (Å²) in [5, 5.41) is 16.3. The first-order valence-corrected chi connectivity index (χ1v) is 7.45. The van der Waals surface area contributed by atoms with E-state index >= 15 is 0 Å². The van der Waals surface area contributed by atoms with Crippen molar-refractivity contribution in [2.45, 2.75) is 75.9 Å². The Bertz CT molecular complexity index is 267. The second kappa shape index (κ2) is 6.41. The lowest BCUT2D eigenvalue weighted by atomic mass is 9.94. The van der Waals surface area contributed by atoms with E-state index in [9.17, 15) is 9.90 Å². The second-order valence-electron chi connectivity index (χ2n) is 5.95. The third-order valence-electron chi connectivity index (χ3n) is 4.30. The highest BCUT2D eigenvalue weighted by atomic mass is 16.3.